The van der Waals surface area contributed by atoms with Crippen molar-refractivity contribution in [2.75, 3.05) is 126 Å². The van der Waals surface area contributed by atoms with E-state index in [9.17, 15) is 0 Å². The summed E-state index contributed by atoms with van der Waals surface area (Å²) in [5, 5.41) is 0.221. The smallest absolute Gasteiger partial charge is 0.192 e. The predicted molar refractivity (Wildman–Crippen MR) is 149 cm³/mol. The molecule has 0 saturated carbocycles. The molecule has 0 saturated heterocycles. The summed E-state index contributed by atoms with van der Waals surface area (Å²) in [5.74, 6) is 2.40. The van der Waals surface area contributed by atoms with Crippen LogP contribution < -0.4 is 0 Å². The fourth-order valence-electron chi connectivity index (χ4n) is 2.46. The zero-order valence-corrected chi connectivity index (χ0v) is 25.6. The third-order valence-corrected chi connectivity index (χ3v) is 10.2. The van der Waals surface area contributed by atoms with Crippen LogP contribution in [-0.2, 0) is 47.1 Å². The van der Waals surface area contributed by atoms with Crippen LogP contribution in [0.3, 0.4) is 0 Å². The number of ether oxygens (including phenoxy) is 9. The molecule has 0 fully saturated rings. The van der Waals surface area contributed by atoms with E-state index in [1.165, 1.54) is 0 Å². The van der Waals surface area contributed by atoms with Gasteiger partial charge in [-0.15, -0.1) is 6.42 Å². The zero-order chi connectivity index (χ0) is 28.2. The van der Waals surface area contributed by atoms with Crippen molar-refractivity contribution in [3.63, 3.8) is 0 Å². The molecule has 0 rings (SSSR count). The lowest BCUT2D eigenvalue weighted by Gasteiger charge is -2.36. The van der Waals surface area contributed by atoms with Gasteiger partial charge in [-0.3, -0.25) is 0 Å². The molecule has 0 aliphatic heterocycles. The standard InChI is InChI=1S/C27H54O10Si/c1-7-8-28-9-10-29-11-12-30-13-14-31-15-16-32-17-18-33-19-20-34-21-22-35-23-24-36-25-26-37-38(5,6)27(2,3)4/h1H,8-26H2,2-6H3. The van der Waals surface area contributed by atoms with Crippen LogP contribution in [0.4, 0.5) is 0 Å². The highest BCUT2D eigenvalue weighted by molar-refractivity contribution is 6.74. The Balaban J connectivity index is 3.13. The minimum atomic E-state index is -1.69. The van der Waals surface area contributed by atoms with E-state index in [2.05, 4.69) is 39.8 Å². The SMILES string of the molecule is C#CCOCCOCCOCCOCCOCCOCCOCCOCCOCCO[Si](C)(C)C(C)(C)C. The number of hydrogen-bond donors (Lipinski definition) is 0. The van der Waals surface area contributed by atoms with Gasteiger partial charge in [0.2, 0.25) is 0 Å². The van der Waals surface area contributed by atoms with Crippen molar-refractivity contribution in [1.29, 1.82) is 0 Å². The third kappa shape index (κ3) is 25.6. The predicted octanol–water partition coefficient (Wildman–Crippen LogP) is 2.79. The molecule has 11 heteroatoms. The quantitative estimate of drug-likeness (QED) is 0.0765. The number of rotatable bonds is 29. The average molecular weight is 567 g/mol. The van der Waals surface area contributed by atoms with Gasteiger partial charge in [-0.2, -0.15) is 0 Å². The summed E-state index contributed by atoms with van der Waals surface area (Å²) in [5.41, 5.74) is 0. The first kappa shape index (κ1) is 37.4. The van der Waals surface area contributed by atoms with Gasteiger partial charge in [-0.1, -0.05) is 26.7 Å². The molecular formula is C27H54O10Si. The van der Waals surface area contributed by atoms with E-state index in [1.807, 2.05) is 0 Å². The normalized spacial score (nSPS) is 12.2. The molecule has 0 amide bonds. The van der Waals surface area contributed by atoms with Gasteiger partial charge in [-0.05, 0) is 18.1 Å². The van der Waals surface area contributed by atoms with Crippen LogP contribution in [0.2, 0.25) is 18.1 Å². The lowest BCUT2D eigenvalue weighted by molar-refractivity contribution is -0.0250. The third-order valence-electron chi connectivity index (χ3n) is 5.66. The fourth-order valence-corrected chi connectivity index (χ4v) is 3.49. The molecule has 0 unspecified atom stereocenters. The van der Waals surface area contributed by atoms with Gasteiger partial charge < -0.3 is 47.1 Å². The van der Waals surface area contributed by atoms with Crippen molar-refractivity contribution in [1.82, 2.24) is 0 Å². The average Bonchev–Trinajstić information content (AvgIpc) is 2.87. The Kier molecular flexibility index (Phi) is 26.2. The number of hydrogen-bond acceptors (Lipinski definition) is 10. The second kappa shape index (κ2) is 26.6. The van der Waals surface area contributed by atoms with E-state index in [-0.39, 0.29) is 5.04 Å². The van der Waals surface area contributed by atoms with Crippen molar-refractivity contribution in [2.45, 2.75) is 38.9 Å². The Hall–Kier alpha value is -0.623. The Morgan fingerprint density at radius 1 is 0.447 bits per heavy atom. The second-order valence-corrected chi connectivity index (χ2v) is 14.6. The summed E-state index contributed by atoms with van der Waals surface area (Å²) < 4.78 is 54.8. The Labute approximate surface area is 232 Å². The molecule has 0 bridgehead atoms. The van der Waals surface area contributed by atoms with Crippen LogP contribution in [0.5, 0.6) is 0 Å². The van der Waals surface area contributed by atoms with Gasteiger partial charge in [0.1, 0.15) is 6.61 Å². The van der Waals surface area contributed by atoms with Crippen LogP contribution in [-0.4, -0.2) is 134 Å². The largest absolute Gasteiger partial charge is 0.414 e. The van der Waals surface area contributed by atoms with Crippen molar-refractivity contribution in [2.24, 2.45) is 0 Å². The molecule has 0 aliphatic carbocycles. The molecule has 0 N–H and O–H groups in total. The topological polar surface area (TPSA) is 92.3 Å². The van der Waals surface area contributed by atoms with Crippen LogP contribution >= 0.6 is 0 Å². The first-order valence-corrected chi connectivity index (χ1v) is 16.5. The highest BCUT2D eigenvalue weighted by atomic mass is 28.4. The summed E-state index contributed by atoms with van der Waals surface area (Å²) in [4.78, 5) is 0. The molecule has 0 aromatic carbocycles. The van der Waals surface area contributed by atoms with Gasteiger partial charge in [0, 0.05) is 0 Å². The molecule has 10 nitrogen and oxygen atoms in total. The summed E-state index contributed by atoms with van der Waals surface area (Å²) in [6.45, 7) is 21.1. The van der Waals surface area contributed by atoms with Crippen molar-refractivity contribution in [3.8, 4) is 12.3 Å². The Morgan fingerprint density at radius 3 is 0.921 bits per heavy atom. The Morgan fingerprint density at radius 2 is 0.684 bits per heavy atom. The van der Waals surface area contributed by atoms with E-state index in [1.54, 1.807) is 0 Å². The monoisotopic (exact) mass is 566 g/mol. The van der Waals surface area contributed by atoms with Crippen molar-refractivity contribution < 1.29 is 47.1 Å². The molecule has 0 aliphatic rings. The minimum absolute atomic E-state index is 0.221. The zero-order valence-electron chi connectivity index (χ0n) is 24.6. The molecule has 0 aromatic heterocycles. The van der Waals surface area contributed by atoms with Crippen LogP contribution in [0.15, 0.2) is 0 Å². The van der Waals surface area contributed by atoms with Crippen LogP contribution in [0.25, 0.3) is 0 Å². The van der Waals surface area contributed by atoms with Crippen molar-refractivity contribution >= 4 is 8.32 Å². The van der Waals surface area contributed by atoms with E-state index < -0.39 is 8.32 Å². The molecule has 38 heavy (non-hydrogen) atoms. The molecule has 0 spiro atoms. The maximum Gasteiger partial charge on any atom is 0.192 e. The molecule has 0 heterocycles. The van der Waals surface area contributed by atoms with E-state index in [4.69, 9.17) is 53.5 Å². The van der Waals surface area contributed by atoms with Crippen LogP contribution in [0.1, 0.15) is 20.8 Å². The van der Waals surface area contributed by atoms with E-state index >= 15 is 0 Å². The van der Waals surface area contributed by atoms with Gasteiger partial charge in [-0.25, -0.2) is 0 Å². The number of terminal acetylenes is 1. The highest BCUT2D eigenvalue weighted by Gasteiger charge is 2.36. The van der Waals surface area contributed by atoms with Gasteiger partial charge in [0.05, 0.1) is 119 Å². The first-order chi connectivity index (χ1) is 18.3. The molecular weight excluding hydrogens is 512 g/mol. The summed E-state index contributed by atoms with van der Waals surface area (Å²) in [6.07, 6.45) is 5.07. The van der Waals surface area contributed by atoms with Gasteiger partial charge in [0.15, 0.2) is 8.32 Å². The molecule has 226 valence electrons. The lowest BCUT2D eigenvalue weighted by Crippen LogP contribution is -2.41. The van der Waals surface area contributed by atoms with Crippen LogP contribution in [0, 0.1) is 12.3 Å². The summed E-state index contributed by atoms with van der Waals surface area (Å²) in [6, 6.07) is 0. The molecule has 0 aromatic rings. The second-order valence-electron chi connectivity index (χ2n) is 9.76. The fraction of sp³-hybridized carbons (Fsp3) is 0.926. The highest BCUT2D eigenvalue weighted by Crippen LogP contribution is 2.36. The minimum Gasteiger partial charge on any atom is -0.414 e. The van der Waals surface area contributed by atoms with E-state index in [0.29, 0.717) is 126 Å². The van der Waals surface area contributed by atoms with Gasteiger partial charge >= 0.3 is 0 Å². The van der Waals surface area contributed by atoms with E-state index in [0.717, 1.165) is 0 Å². The van der Waals surface area contributed by atoms with Gasteiger partial charge in [0.25, 0.3) is 0 Å². The maximum absolute atomic E-state index is 6.07. The lowest BCUT2D eigenvalue weighted by atomic mass is 10.2. The first-order valence-electron chi connectivity index (χ1n) is 13.6. The maximum atomic E-state index is 6.07. The van der Waals surface area contributed by atoms with Crippen molar-refractivity contribution in [3.05, 3.63) is 0 Å². The molecule has 0 radical (unpaired) electrons. The Bertz CT molecular complexity index is 537. The summed E-state index contributed by atoms with van der Waals surface area (Å²) in [7, 11) is -1.69. The molecule has 0 atom stereocenters. The summed E-state index contributed by atoms with van der Waals surface area (Å²) >= 11 is 0.